The van der Waals surface area contributed by atoms with Crippen LogP contribution in [0.5, 0.6) is 5.75 Å². The summed E-state index contributed by atoms with van der Waals surface area (Å²) in [6, 6.07) is 25.4. The van der Waals surface area contributed by atoms with Crippen LogP contribution in [0.15, 0.2) is 84.6 Å². The number of aliphatic hydroxyl groups excluding tert-OH is 1. The second-order valence-electron chi connectivity index (χ2n) is 7.54. The van der Waals surface area contributed by atoms with Crippen molar-refractivity contribution in [2.75, 3.05) is 13.7 Å². The standard InChI is InChI=1S/C26H25NO3/c1-18-8-10-21(11-9-18)24-23(20-12-14-22(30-2)15-13-20)25(28)26(29)27(24)17-16-19-6-4-3-5-7-19/h3-15,24,28H,16-17H2,1-2H3. The van der Waals surface area contributed by atoms with Crippen LogP contribution in [0.25, 0.3) is 5.57 Å². The van der Waals surface area contributed by atoms with Gasteiger partial charge in [-0.25, -0.2) is 0 Å². The molecule has 0 aromatic heterocycles. The van der Waals surface area contributed by atoms with Crippen molar-refractivity contribution in [3.05, 3.63) is 107 Å². The van der Waals surface area contributed by atoms with Crippen LogP contribution in [0.3, 0.4) is 0 Å². The molecule has 4 heteroatoms. The van der Waals surface area contributed by atoms with Crippen LogP contribution in [0, 0.1) is 6.92 Å². The van der Waals surface area contributed by atoms with Crippen LogP contribution in [0.4, 0.5) is 0 Å². The molecule has 4 rings (SSSR count). The van der Waals surface area contributed by atoms with Crippen LogP contribution in [-0.4, -0.2) is 29.6 Å². The van der Waals surface area contributed by atoms with Crippen LogP contribution >= 0.6 is 0 Å². The third kappa shape index (κ3) is 3.81. The number of aryl methyl sites for hydroxylation is 1. The van der Waals surface area contributed by atoms with Crippen LogP contribution in [-0.2, 0) is 11.2 Å². The maximum atomic E-state index is 13.1. The van der Waals surface area contributed by atoms with Gasteiger partial charge in [0.05, 0.1) is 13.2 Å². The molecule has 1 atom stereocenters. The van der Waals surface area contributed by atoms with Gasteiger partial charge in [0.2, 0.25) is 0 Å². The molecule has 0 aliphatic carbocycles. The first-order valence-electron chi connectivity index (χ1n) is 10.1. The number of rotatable bonds is 6. The molecule has 0 saturated heterocycles. The SMILES string of the molecule is COc1ccc(C2=C(O)C(=O)N(CCc3ccccc3)C2c2ccc(C)cc2)cc1. The number of nitrogens with zero attached hydrogens (tertiary/aromatic N) is 1. The third-order valence-electron chi connectivity index (χ3n) is 5.58. The molecular formula is C26H25NO3. The Kier molecular flexibility index (Phi) is 5.57. The summed E-state index contributed by atoms with van der Waals surface area (Å²) in [5, 5.41) is 10.8. The number of hydrogen-bond acceptors (Lipinski definition) is 3. The fourth-order valence-corrected chi connectivity index (χ4v) is 3.94. The van der Waals surface area contributed by atoms with Gasteiger partial charge in [-0.2, -0.15) is 0 Å². The number of hydrogen-bond donors (Lipinski definition) is 1. The summed E-state index contributed by atoms with van der Waals surface area (Å²) >= 11 is 0. The summed E-state index contributed by atoms with van der Waals surface area (Å²) in [5.74, 6) is 0.220. The van der Waals surface area contributed by atoms with E-state index in [4.69, 9.17) is 4.74 Å². The highest BCUT2D eigenvalue weighted by Crippen LogP contribution is 2.43. The quantitative estimate of drug-likeness (QED) is 0.627. The van der Waals surface area contributed by atoms with Crippen molar-refractivity contribution in [2.24, 2.45) is 0 Å². The van der Waals surface area contributed by atoms with Crippen LogP contribution < -0.4 is 4.74 Å². The second kappa shape index (κ2) is 8.46. The van der Waals surface area contributed by atoms with E-state index in [9.17, 15) is 9.90 Å². The van der Waals surface area contributed by atoms with E-state index in [0.717, 1.165) is 34.4 Å². The zero-order valence-corrected chi connectivity index (χ0v) is 17.2. The van der Waals surface area contributed by atoms with Crippen LogP contribution in [0.1, 0.15) is 28.3 Å². The number of carbonyl (C=O) groups excluding carboxylic acids is 1. The van der Waals surface area contributed by atoms with Crippen molar-refractivity contribution >= 4 is 11.5 Å². The maximum Gasteiger partial charge on any atom is 0.289 e. The highest BCUT2D eigenvalue weighted by Gasteiger charge is 2.40. The Labute approximate surface area is 177 Å². The van der Waals surface area contributed by atoms with Gasteiger partial charge < -0.3 is 14.7 Å². The Morgan fingerprint density at radius 3 is 2.23 bits per heavy atom. The number of carbonyl (C=O) groups is 1. The molecule has 152 valence electrons. The van der Waals surface area contributed by atoms with E-state index in [1.807, 2.05) is 73.7 Å². The summed E-state index contributed by atoms with van der Waals surface area (Å²) in [4.78, 5) is 14.8. The fourth-order valence-electron chi connectivity index (χ4n) is 3.94. The molecule has 0 saturated carbocycles. The normalized spacial score (nSPS) is 16.3. The lowest BCUT2D eigenvalue weighted by atomic mass is 9.93. The Bertz CT molecular complexity index is 1050. The van der Waals surface area contributed by atoms with E-state index in [-0.39, 0.29) is 17.7 Å². The molecule has 0 spiro atoms. The smallest absolute Gasteiger partial charge is 0.289 e. The van der Waals surface area contributed by atoms with E-state index in [2.05, 4.69) is 12.1 Å². The van der Waals surface area contributed by atoms with Crippen molar-refractivity contribution < 1.29 is 14.6 Å². The Morgan fingerprint density at radius 2 is 1.60 bits per heavy atom. The summed E-state index contributed by atoms with van der Waals surface area (Å²) in [6.07, 6.45) is 0.720. The van der Waals surface area contributed by atoms with Crippen molar-refractivity contribution in [3.8, 4) is 5.75 Å². The number of aliphatic hydroxyl groups is 1. The van der Waals surface area contributed by atoms with Gasteiger partial charge in [-0.15, -0.1) is 0 Å². The first-order valence-corrected chi connectivity index (χ1v) is 10.1. The Balaban J connectivity index is 1.72. The predicted octanol–water partition coefficient (Wildman–Crippen LogP) is 5.10. The predicted molar refractivity (Wildman–Crippen MR) is 118 cm³/mol. The molecule has 30 heavy (non-hydrogen) atoms. The number of methoxy groups -OCH3 is 1. The van der Waals surface area contributed by atoms with E-state index in [1.165, 1.54) is 0 Å². The minimum atomic E-state index is -0.338. The molecule has 3 aromatic carbocycles. The van der Waals surface area contributed by atoms with Crippen molar-refractivity contribution in [3.63, 3.8) is 0 Å². The van der Waals surface area contributed by atoms with Gasteiger partial charge in [0, 0.05) is 12.1 Å². The lowest BCUT2D eigenvalue weighted by molar-refractivity contribution is -0.129. The first kappa shape index (κ1) is 19.8. The minimum absolute atomic E-state index is 0.182. The molecule has 4 nitrogen and oxygen atoms in total. The Hall–Kier alpha value is -3.53. The molecule has 1 heterocycles. The summed E-state index contributed by atoms with van der Waals surface area (Å²) < 4.78 is 5.26. The highest BCUT2D eigenvalue weighted by atomic mass is 16.5. The lowest BCUT2D eigenvalue weighted by Gasteiger charge is -2.27. The van der Waals surface area contributed by atoms with Gasteiger partial charge in [0.15, 0.2) is 5.76 Å². The third-order valence-corrected chi connectivity index (χ3v) is 5.58. The highest BCUT2D eigenvalue weighted by molar-refractivity contribution is 6.05. The van der Waals surface area contributed by atoms with Gasteiger partial charge in [-0.1, -0.05) is 72.3 Å². The van der Waals surface area contributed by atoms with E-state index in [1.54, 1.807) is 12.0 Å². The molecule has 0 bridgehead atoms. The molecule has 1 unspecified atom stereocenters. The van der Waals surface area contributed by atoms with Gasteiger partial charge >= 0.3 is 0 Å². The zero-order valence-electron chi connectivity index (χ0n) is 17.2. The van der Waals surface area contributed by atoms with E-state index < -0.39 is 0 Å². The van der Waals surface area contributed by atoms with E-state index >= 15 is 0 Å². The summed E-state index contributed by atoms with van der Waals surface area (Å²) in [7, 11) is 1.62. The van der Waals surface area contributed by atoms with Crippen molar-refractivity contribution in [1.82, 2.24) is 4.90 Å². The molecular weight excluding hydrogens is 374 g/mol. The monoisotopic (exact) mass is 399 g/mol. The van der Waals surface area contributed by atoms with Gasteiger partial charge in [0.25, 0.3) is 5.91 Å². The van der Waals surface area contributed by atoms with Gasteiger partial charge in [-0.05, 0) is 42.2 Å². The summed E-state index contributed by atoms with van der Waals surface area (Å²) in [6.45, 7) is 2.56. The minimum Gasteiger partial charge on any atom is -0.503 e. The molecule has 0 radical (unpaired) electrons. The second-order valence-corrected chi connectivity index (χ2v) is 7.54. The topological polar surface area (TPSA) is 49.8 Å². The van der Waals surface area contributed by atoms with Crippen molar-refractivity contribution in [2.45, 2.75) is 19.4 Å². The lowest BCUT2D eigenvalue weighted by Crippen LogP contribution is -2.32. The average molecular weight is 399 g/mol. The van der Waals surface area contributed by atoms with Crippen molar-refractivity contribution in [1.29, 1.82) is 0 Å². The molecule has 1 amide bonds. The largest absolute Gasteiger partial charge is 0.503 e. The molecule has 1 N–H and O–H groups in total. The zero-order chi connectivity index (χ0) is 21.1. The molecule has 3 aromatic rings. The molecule has 1 aliphatic rings. The number of benzene rings is 3. The fraction of sp³-hybridized carbons (Fsp3) is 0.192. The summed E-state index contributed by atoms with van der Waals surface area (Å²) in [5.41, 5.74) is 4.74. The van der Waals surface area contributed by atoms with Gasteiger partial charge in [-0.3, -0.25) is 4.79 Å². The average Bonchev–Trinajstić information content (AvgIpc) is 3.04. The van der Waals surface area contributed by atoms with Gasteiger partial charge in [0.1, 0.15) is 5.75 Å². The number of amides is 1. The number of ether oxygens (including phenoxy) is 1. The molecule has 1 aliphatic heterocycles. The maximum absolute atomic E-state index is 13.1. The first-order chi connectivity index (χ1) is 14.6. The Morgan fingerprint density at radius 1 is 0.933 bits per heavy atom. The van der Waals surface area contributed by atoms with E-state index in [0.29, 0.717) is 12.1 Å². The van der Waals surface area contributed by atoms with Crippen LogP contribution in [0.2, 0.25) is 0 Å². The molecule has 0 fully saturated rings.